The maximum Gasteiger partial charge on any atom is 0.271 e. The molecule has 2 aromatic rings. The molecule has 1 fully saturated rings. The minimum Gasteiger partial charge on any atom is -0.492 e. The average molecular weight is 437 g/mol. The first-order valence-electron chi connectivity index (χ1n) is 10.00. The molecule has 1 amide bonds. The Morgan fingerprint density at radius 3 is 2.67 bits per heavy atom. The second-order valence-corrected chi connectivity index (χ2v) is 8.85. The van der Waals surface area contributed by atoms with Crippen LogP contribution in [0, 0.1) is 0 Å². The van der Waals surface area contributed by atoms with E-state index in [1.165, 1.54) is 16.4 Å². The van der Waals surface area contributed by atoms with E-state index in [1.807, 2.05) is 13.8 Å². The number of primary amides is 1. The molecule has 0 bridgehead atoms. The molecular weight excluding hydrogens is 408 g/mol. The molecule has 0 unspecified atom stereocenters. The van der Waals surface area contributed by atoms with Crippen LogP contribution in [0.15, 0.2) is 23.1 Å². The number of ether oxygens (including phenoxy) is 1. The van der Waals surface area contributed by atoms with Gasteiger partial charge < -0.3 is 21.1 Å². The number of hydrogen-bond donors (Lipinski definition) is 4. The van der Waals surface area contributed by atoms with Crippen LogP contribution >= 0.6 is 0 Å². The molecule has 1 aliphatic heterocycles. The lowest BCUT2D eigenvalue weighted by Gasteiger charge is -2.27. The Labute approximate surface area is 176 Å². The molecule has 0 spiro atoms. The van der Waals surface area contributed by atoms with Crippen molar-refractivity contribution < 1.29 is 17.9 Å². The molecule has 3 rings (SSSR count). The van der Waals surface area contributed by atoms with E-state index in [1.54, 1.807) is 6.07 Å². The maximum atomic E-state index is 13.1. The third-order valence-electron chi connectivity index (χ3n) is 4.80. The number of aromatic amines is 1. The summed E-state index contributed by atoms with van der Waals surface area (Å²) in [6, 6.07) is 4.67. The summed E-state index contributed by atoms with van der Waals surface area (Å²) < 4.78 is 33.3. The highest BCUT2D eigenvalue weighted by atomic mass is 32.2. The van der Waals surface area contributed by atoms with Crippen molar-refractivity contribution in [2.45, 2.75) is 31.6 Å². The monoisotopic (exact) mass is 436 g/mol. The van der Waals surface area contributed by atoms with E-state index in [0.717, 1.165) is 6.42 Å². The van der Waals surface area contributed by atoms with Gasteiger partial charge in [-0.2, -0.15) is 9.40 Å². The number of nitrogens with two attached hydrogens (primary N) is 1. The lowest BCUT2D eigenvalue weighted by Crippen LogP contribution is -2.46. The Kier molecular flexibility index (Phi) is 6.95. The molecule has 2 heterocycles. The number of rotatable bonds is 9. The number of amides is 1. The predicted molar refractivity (Wildman–Crippen MR) is 114 cm³/mol. The van der Waals surface area contributed by atoms with Crippen LogP contribution < -0.4 is 21.1 Å². The molecule has 5 N–H and O–H groups in total. The van der Waals surface area contributed by atoms with E-state index < -0.39 is 15.9 Å². The summed E-state index contributed by atoms with van der Waals surface area (Å²) in [5.74, 6) is -0.213. The van der Waals surface area contributed by atoms with Gasteiger partial charge in [-0.15, -0.1) is 0 Å². The van der Waals surface area contributed by atoms with Crippen LogP contribution in [-0.4, -0.2) is 61.6 Å². The van der Waals surface area contributed by atoms with Crippen molar-refractivity contribution >= 4 is 27.3 Å². The van der Waals surface area contributed by atoms with Crippen molar-refractivity contribution in [2.24, 2.45) is 5.73 Å². The molecule has 0 radical (unpaired) electrons. The van der Waals surface area contributed by atoms with Gasteiger partial charge in [0.2, 0.25) is 10.0 Å². The Morgan fingerprint density at radius 1 is 1.30 bits per heavy atom. The second-order valence-electron chi connectivity index (χ2n) is 6.91. The fourth-order valence-corrected chi connectivity index (χ4v) is 4.81. The van der Waals surface area contributed by atoms with Crippen molar-refractivity contribution in [2.75, 3.05) is 38.1 Å². The van der Waals surface area contributed by atoms with Crippen molar-refractivity contribution in [1.82, 2.24) is 19.8 Å². The molecule has 30 heavy (non-hydrogen) atoms. The zero-order chi connectivity index (χ0) is 21.7. The van der Waals surface area contributed by atoms with E-state index in [0.29, 0.717) is 62.0 Å². The summed E-state index contributed by atoms with van der Waals surface area (Å²) in [5, 5.41) is 13.1. The van der Waals surface area contributed by atoms with Crippen LogP contribution in [0.4, 0.5) is 11.4 Å². The first-order valence-corrected chi connectivity index (χ1v) is 11.4. The number of hydrogen-bond acceptors (Lipinski definition) is 7. The molecule has 1 saturated heterocycles. The third-order valence-corrected chi connectivity index (χ3v) is 6.69. The molecule has 1 aromatic heterocycles. The summed E-state index contributed by atoms with van der Waals surface area (Å²) >= 11 is 0. The molecule has 11 heteroatoms. The molecule has 0 atom stereocenters. The van der Waals surface area contributed by atoms with E-state index in [4.69, 9.17) is 10.5 Å². The topological polar surface area (TPSA) is 142 Å². The molecule has 10 nitrogen and oxygen atoms in total. The highest BCUT2D eigenvalue weighted by Gasteiger charge is 2.27. The highest BCUT2D eigenvalue weighted by molar-refractivity contribution is 7.89. The first kappa shape index (κ1) is 22.1. The highest BCUT2D eigenvalue weighted by Crippen LogP contribution is 2.34. The lowest BCUT2D eigenvalue weighted by molar-refractivity contribution is 0.0996. The van der Waals surface area contributed by atoms with E-state index >= 15 is 0 Å². The van der Waals surface area contributed by atoms with E-state index in [-0.39, 0.29) is 10.6 Å². The molecule has 1 aromatic carbocycles. The number of H-pyrrole nitrogens is 1. The molecule has 164 valence electrons. The van der Waals surface area contributed by atoms with Crippen molar-refractivity contribution in [1.29, 1.82) is 0 Å². The lowest BCUT2D eigenvalue weighted by atomic mass is 10.2. The van der Waals surface area contributed by atoms with Gasteiger partial charge in [-0.25, -0.2) is 8.42 Å². The number of anilines is 2. The smallest absolute Gasteiger partial charge is 0.271 e. The average Bonchev–Trinajstić information content (AvgIpc) is 3.13. The molecule has 0 saturated carbocycles. The predicted octanol–water partition coefficient (Wildman–Crippen LogP) is 1.20. The number of carbonyl (C=O) groups excluding carboxylic acids is 1. The Balaban J connectivity index is 2.02. The van der Waals surface area contributed by atoms with Gasteiger partial charge in [-0.3, -0.25) is 9.89 Å². The zero-order valence-electron chi connectivity index (χ0n) is 17.2. The van der Waals surface area contributed by atoms with Crippen LogP contribution in [-0.2, 0) is 16.4 Å². The van der Waals surface area contributed by atoms with Gasteiger partial charge in [-0.05, 0) is 31.5 Å². The fourth-order valence-electron chi connectivity index (χ4n) is 3.34. The third kappa shape index (κ3) is 4.58. The Bertz CT molecular complexity index is 998. The van der Waals surface area contributed by atoms with E-state index in [2.05, 4.69) is 20.8 Å². The standard InChI is InChI=1S/C19H28N6O4S/c1-3-5-14-17(18(19(20)26)24-23-14)22-15-12-13(6-7-16(15)29-4-2)30(27,28)25-10-8-21-9-11-25/h6-7,12,21-22H,3-5,8-11H2,1-2H3,(H2,20,26)(H,23,24). The quantitative estimate of drug-likeness (QED) is 0.462. The normalized spacial score (nSPS) is 15.1. The number of sulfonamides is 1. The minimum absolute atomic E-state index is 0.0660. The summed E-state index contributed by atoms with van der Waals surface area (Å²) in [7, 11) is -3.66. The van der Waals surface area contributed by atoms with Crippen LogP contribution in [0.5, 0.6) is 5.75 Å². The van der Waals surface area contributed by atoms with Gasteiger partial charge in [0, 0.05) is 26.2 Å². The fraction of sp³-hybridized carbons (Fsp3) is 0.474. The molecular formula is C19H28N6O4S. The minimum atomic E-state index is -3.66. The maximum absolute atomic E-state index is 13.1. The summed E-state index contributed by atoms with van der Waals surface area (Å²) in [6.45, 7) is 6.27. The number of nitrogens with zero attached hydrogens (tertiary/aromatic N) is 2. The van der Waals surface area contributed by atoms with Crippen molar-refractivity contribution in [3.63, 3.8) is 0 Å². The number of nitrogens with one attached hydrogen (secondary N) is 3. The van der Waals surface area contributed by atoms with Crippen LogP contribution in [0.3, 0.4) is 0 Å². The Morgan fingerprint density at radius 2 is 2.03 bits per heavy atom. The van der Waals surface area contributed by atoms with Gasteiger partial charge in [-0.1, -0.05) is 13.3 Å². The van der Waals surface area contributed by atoms with Crippen LogP contribution in [0.1, 0.15) is 36.5 Å². The van der Waals surface area contributed by atoms with Crippen LogP contribution in [0.2, 0.25) is 0 Å². The second kappa shape index (κ2) is 9.45. The number of benzene rings is 1. The van der Waals surface area contributed by atoms with E-state index in [9.17, 15) is 13.2 Å². The first-order chi connectivity index (χ1) is 14.4. The van der Waals surface area contributed by atoms with Gasteiger partial charge in [0.05, 0.1) is 28.6 Å². The summed E-state index contributed by atoms with van der Waals surface area (Å²) in [6.07, 6.45) is 1.47. The van der Waals surface area contributed by atoms with Crippen molar-refractivity contribution in [3.8, 4) is 5.75 Å². The van der Waals surface area contributed by atoms with Gasteiger partial charge in [0.25, 0.3) is 5.91 Å². The number of piperazine rings is 1. The van der Waals surface area contributed by atoms with Gasteiger partial charge in [0.1, 0.15) is 5.75 Å². The largest absolute Gasteiger partial charge is 0.492 e. The molecule has 1 aliphatic rings. The van der Waals surface area contributed by atoms with Gasteiger partial charge >= 0.3 is 0 Å². The zero-order valence-corrected chi connectivity index (χ0v) is 18.0. The summed E-state index contributed by atoms with van der Waals surface area (Å²) in [5.41, 5.74) is 7.11. The molecule has 0 aliphatic carbocycles. The Hall–Kier alpha value is -2.63. The SMILES string of the molecule is CCCc1[nH]nc(C(N)=O)c1Nc1cc(S(=O)(=O)N2CCNCC2)ccc1OCC. The van der Waals surface area contributed by atoms with Crippen LogP contribution in [0.25, 0.3) is 0 Å². The number of carbonyl (C=O) groups is 1. The number of aryl methyl sites for hydroxylation is 1. The van der Waals surface area contributed by atoms with Gasteiger partial charge in [0.15, 0.2) is 5.69 Å². The van der Waals surface area contributed by atoms with Crippen molar-refractivity contribution in [3.05, 3.63) is 29.6 Å². The summed E-state index contributed by atoms with van der Waals surface area (Å²) in [4.78, 5) is 12.0. The number of aromatic nitrogens is 2.